The summed E-state index contributed by atoms with van der Waals surface area (Å²) in [6.07, 6.45) is 4.23. The fraction of sp³-hybridized carbons (Fsp3) is 0.538. The first-order chi connectivity index (χ1) is 8.50. The van der Waals surface area contributed by atoms with Gasteiger partial charge in [0.05, 0.1) is 11.3 Å². The molecule has 0 saturated heterocycles. The Morgan fingerprint density at radius 2 is 1.61 bits per heavy atom. The van der Waals surface area contributed by atoms with Crippen LogP contribution in [0.4, 0.5) is 18.9 Å². The minimum absolute atomic E-state index is 0.118. The van der Waals surface area contributed by atoms with Crippen molar-refractivity contribution >= 4 is 5.69 Å². The van der Waals surface area contributed by atoms with Crippen LogP contribution in [0.25, 0.3) is 0 Å². The number of hydrogen-bond acceptors (Lipinski definition) is 2. The number of rotatable bonds is 3. The van der Waals surface area contributed by atoms with Crippen LogP contribution in [0.3, 0.4) is 0 Å². The Labute approximate surface area is 104 Å². The van der Waals surface area contributed by atoms with Gasteiger partial charge in [-0.2, -0.15) is 0 Å². The summed E-state index contributed by atoms with van der Waals surface area (Å²) in [6.45, 7) is 0.148. The maximum Gasteiger partial charge on any atom is 0.161 e. The van der Waals surface area contributed by atoms with E-state index in [2.05, 4.69) is 5.32 Å². The molecule has 1 aromatic carbocycles. The van der Waals surface area contributed by atoms with Crippen LogP contribution in [0.2, 0.25) is 0 Å². The molecule has 1 aromatic rings. The van der Waals surface area contributed by atoms with E-state index in [1.807, 2.05) is 0 Å². The minimum atomic E-state index is -1.21. The second-order valence-corrected chi connectivity index (χ2v) is 4.88. The fourth-order valence-corrected chi connectivity index (χ4v) is 2.30. The summed E-state index contributed by atoms with van der Waals surface area (Å²) in [7, 11) is 0. The molecule has 0 spiro atoms. The van der Waals surface area contributed by atoms with Gasteiger partial charge < -0.3 is 10.4 Å². The van der Waals surface area contributed by atoms with Crippen molar-refractivity contribution in [2.45, 2.75) is 37.7 Å². The maximum absolute atomic E-state index is 13.4. The first-order valence-corrected chi connectivity index (χ1v) is 6.11. The molecule has 2 nitrogen and oxygen atoms in total. The molecule has 0 aromatic heterocycles. The quantitative estimate of drug-likeness (QED) is 0.817. The third-order valence-electron chi connectivity index (χ3n) is 3.40. The number of nitrogens with one attached hydrogen (secondary N) is 1. The average molecular weight is 259 g/mol. The van der Waals surface area contributed by atoms with Crippen molar-refractivity contribution in [1.82, 2.24) is 0 Å². The van der Waals surface area contributed by atoms with Gasteiger partial charge in [0, 0.05) is 18.7 Å². The van der Waals surface area contributed by atoms with Gasteiger partial charge in [-0.1, -0.05) is 19.3 Å². The molecule has 0 unspecified atom stereocenters. The number of anilines is 1. The Balaban J connectivity index is 2.03. The van der Waals surface area contributed by atoms with Gasteiger partial charge >= 0.3 is 0 Å². The zero-order chi connectivity index (χ0) is 13.2. The van der Waals surface area contributed by atoms with Crippen LogP contribution in [-0.2, 0) is 0 Å². The summed E-state index contributed by atoms with van der Waals surface area (Å²) in [5.74, 6) is -3.17. The minimum Gasteiger partial charge on any atom is -0.388 e. The maximum atomic E-state index is 13.4. The van der Waals surface area contributed by atoms with E-state index in [1.165, 1.54) is 0 Å². The first kappa shape index (κ1) is 13.2. The van der Waals surface area contributed by atoms with Gasteiger partial charge in [-0.25, -0.2) is 13.2 Å². The van der Waals surface area contributed by atoms with Gasteiger partial charge in [-0.15, -0.1) is 0 Å². The highest BCUT2D eigenvalue weighted by Gasteiger charge is 2.29. The number of aliphatic hydroxyl groups is 1. The van der Waals surface area contributed by atoms with E-state index >= 15 is 0 Å². The van der Waals surface area contributed by atoms with Crippen molar-refractivity contribution in [3.63, 3.8) is 0 Å². The molecule has 0 heterocycles. The Morgan fingerprint density at radius 1 is 1.00 bits per heavy atom. The van der Waals surface area contributed by atoms with Gasteiger partial charge in [0.2, 0.25) is 0 Å². The lowest BCUT2D eigenvalue weighted by Gasteiger charge is -2.32. The lowest BCUT2D eigenvalue weighted by molar-refractivity contribution is 0.0167. The topological polar surface area (TPSA) is 32.3 Å². The number of benzene rings is 1. The van der Waals surface area contributed by atoms with Crippen LogP contribution in [0.15, 0.2) is 12.1 Å². The average Bonchev–Trinajstić information content (AvgIpc) is 2.33. The van der Waals surface area contributed by atoms with E-state index in [1.54, 1.807) is 0 Å². The summed E-state index contributed by atoms with van der Waals surface area (Å²) in [5, 5.41) is 12.9. The second kappa shape index (κ2) is 5.18. The van der Waals surface area contributed by atoms with Crippen molar-refractivity contribution in [2.24, 2.45) is 0 Å². The zero-order valence-electron chi connectivity index (χ0n) is 9.98. The van der Waals surface area contributed by atoms with Gasteiger partial charge in [-0.3, -0.25) is 0 Å². The molecular weight excluding hydrogens is 243 g/mol. The van der Waals surface area contributed by atoms with Crippen molar-refractivity contribution < 1.29 is 18.3 Å². The van der Waals surface area contributed by atoms with E-state index in [9.17, 15) is 18.3 Å². The Kier molecular flexibility index (Phi) is 3.80. The van der Waals surface area contributed by atoms with Crippen molar-refractivity contribution in [3.05, 3.63) is 29.6 Å². The molecule has 0 amide bonds. The standard InChI is InChI=1S/C13H16F3NO/c14-9-6-11(16)12(7-10(9)15)17-8-13(18)4-2-1-3-5-13/h6-7,17-18H,1-5,8H2. The molecule has 100 valence electrons. The highest BCUT2D eigenvalue weighted by Crippen LogP contribution is 2.29. The summed E-state index contributed by atoms with van der Waals surface area (Å²) in [4.78, 5) is 0. The molecule has 0 radical (unpaired) electrons. The van der Waals surface area contributed by atoms with Crippen LogP contribution in [0.5, 0.6) is 0 Å². The predicted molar refractivity (Wildman–Crippen MR) is 62.8 cm³/mol. The molecule has 1 aliphatic carbocycles. The highest BCUT2D eigenvalue weighted by atomic mass is 19.2. The van der Waals surface area contributed by atoms with Crippen molar-refractivity contribution in [1.29, 1.82) is 0 Å². The third-order valence-corrected chi connectivity index (χ3v) is 3.40. The van der Waals surface area contributed by atoms with Crippen LogP contribution in [-0.4, -0.2) is 17.3 Å². The third kappa shape index (κ3) is 2.96. The van der Waals surface area contributed by atoms with E-state index in [0.29, 0.717) is 18.9 Å². The molecule has 0 bridgehead atoms. The highest BCUT2D eigenvalue weighted by molar-refractivity contribution is 5.45. The summed E-state index contributed by atoms with van der Waals surface area (Å²) >= 11 is 0. The van der Waals surface area contributed by atoms with E-state index in [0.717, 1.165) is 25.3 Å². The molecule has 18 heavy (non-hydrogen) atoms. The van der Waals surface area contributed by atoms with Crippen LogP contribution in [0, 0.1) is 17.5 Å². The molecule has 2 N–H and O–H groups in total. The van der Waals surface area contributed by atoms with Gasteiger partial charge in [-0.05, 0) is 12.8 Å². The number of halogens is 3. The monoisotopic (exact) mass is 259 g/mol. The summed E-state index contributed by atoms with van der Waals surface area (Å²) in [6, 6.07) is 1.28. The molecule has 1 aliphatic rings. The molecule has 5 heteroatoms. The van der Waals surface area contributed by atoms with E-state index in [4.69, 9.17) is 0 Å². The lowest BCUT2D eigenvalue weighted by Crippen LogP contribution is -2.38. The lowest BCUT2D eigenvalue weighted by atomic mass is 9.85. The Morgan fingerprint density at radius 3 is 2.28 bits per heavy atom. The Hall–Kier alpha value is -1.23. The summed E-state index contributed by atoms with van der Waals surface area (Å²) < 4.78 is 39.1. The molecule has 1 saturated carbocycles. The van der Waals surface area contributed by atoms with E-state index < -0.39 is 23.1 Å². The largest absolute Gasteiger partial charge is 0.388 e. The van der Waals surface area contributed by atoms with E-state index in [-0.39, 0.29) is 12.2 Å². The number of hydrogen-bond donors (Lipinski definition) is 2. The van der Waals surface area contributed by atoms with Crippen LogP contribution < -0.4 is 5.32 Å². The normalized spacial score (nSPS) is 18.7. The molecule has 0 aliphatic heterocycles. The smallest absolute Gasteiger partial charge is 0.161 e. The Bertz CT molecular complexity index is 430. The van der Waals surface area contributed by atoms with Crippen LogP contribution >= 0.6 is 0 Å². The van der Waals surface area contributed by atoms with Crippen molar-refractivity contribution in [2.75, 3.05) is 11.9 Å². The van der Waals surface area contributed by atoms with Gasteiger partial charge in [0.15, 0.2) is 11.6 Å². The van der Waals surface area contributed by atoms with Crippen molar-refractivity contribution in [3.8, 4) is 0 Å². The second-order valence-electron chi connectivity index (χ2n) is 4.88. The molecule has 2 rings (SSSR count). The molecular formula is C13H16F3NO. The van der Waals surface area contributed by atoms with Gasteiger partial charge in [0.1, 0.15) is 5.82 Å². The summed E-state index contributed by atoms with van der Waals surface area (Å²) in [5.41, 5.74) is -0.997. The SMILES string of the molecule is OC1(CNc2cc(F)c(F)cc2F)CCCCC1. The van der Waals surface area contributed by atoms with Crippen LogP contribution in [0.1, 0.15) is 32.1 Å². The molecule has 0 atom stereocenters. The zero-order valence-corrected chi connectivity index (χ0v) is 9.98. The fourth-order valence-electron chi connectivity index (χ4n) is 2.30. The predicted octanol–water partition coefficient (Wildman–Crippen LogP) is 3.21. The first-order valence-electron chi connectivity index (χ1n) is 6.11. The molecule has 1 fully saturated rings. The van der Waals surface area contributed by atoms with Gasteiger partial charge in [0.25, 0.3) is 0 Å².